The Kier molecular flexibility index (Phi) is 5.76. The number of halogens is 4. The Bertz CT molecular complexity index is 1180. The molecule has 0 spiro atoms. The normalized spacial score (nSPS) is 14.6. The lowest BCUT2D eigenvalue weighted by molar-refractivity contribution is -0.152. The third-order valence-electron chi connectivity index (χ3n) is 4.73. The predicted molar refractivity (Wildman–Crippen MR) is 109 cm³/mol. The van der Waals surface area contributed by atoms with E-state index < -0.39 is 29.0 Å². The highest BCUT2D eigenvalue weighted by Crippen LogP contribution is 2.38. The summed E-state index contributed by atoms with van der Waals surface area (Å²) >= 11 is 3.21. The van der Waals surface area contributed by atoms with Gasteiger partial charge in [0.2, 0.25) is 11.2 Å². The van der Waals surface area contributed by atoms with Crippen LogP contribution < -0.4 is 10.2 Å². The number of ether oxygens (including phenoxy) is 2. The minimum Gasteiger partial charge on any atom is -0.450 e. The summed E-state index contributed by atoms with van der Waals surface area (Å²) in [4.78, 5) is 26.6. The van der Waals surface area contributed by atoms with Gasteiger partial charge in [-0.2, -0.15) is 13.2 Å². The highest BCUT2D eigenvalue weighted by Gasteiger charge is 2.39. The molecule has 4 rings (SSSR count). The second kappa shape index (κ2) is 8.35. The average Bonchev–Trinajstić information content (AvgIpc) is 2.74. The molecule has 0 bridgehead atoms. The van der Waals surface area contributed by atoms with Gasteiger partial charge in [0.25, 0.3) is 0 Å². The van der Waals surface area contributed by atoms with Crippen molar-refractivity contribution in [3.63, 3.8) is 0 Å². The molecule has 2 heterocycles. The molecule has 1 fully saturated rings. The van der Waals surface area contributed by atoms with E-state index in [1.807, 2.05) is 0 Å². The molecule has 10 heteroatoms. The lowest BCUT2D eigenvalue weighted by Crippen LogP contribution is -2.42. The van der Waals surface area contributed by atoms with Crippen molar-refractivity contribution in [1.82, 2.24) is 4.90 Å². The number of carbonyl (C=O) groups excluding carboxylic acids is 1. The topological polar surface area (TPSA) is 69.0 Å². The Morgan fingerprint density at radius 1 is 1.06 bits per heavy atom. The fraction of sp³-hybridized carbons (Fsp3) is 0.238. The molecule has 2 aromatic carbocycles. The molecule has 0 atom stereocenters. The van der Waals surface area contributed by atoms with Gasteiger partial charge in [-0.15, -0.1) is 0 Å². The number of carbonyl (C=O) groups is 1. The van der Waals surface area contributed by atoms with Crippen molar-refractivity contribution in [2.24, 2.45) is 0 Å². The molecule has 1 aromatic heterocycles. The number of morpholine rings is 1. The van der Waals surface area contributed by atoms with Gasteiger partial charge in [0, 0.05) is 23.6 Å². The molecule has 0 unspecified atom stereocenters. The summed E-state index contributed by atoms with van der Waals surface area (Å²) in [5.41, 5.74) is -1.66. The standard InChI is InChI=1S/C21H15BrF3NO5/c22-13-3-1-12(2-4-13)17-18(27)15-6-5-14(11-16(15)31-19(17)21(23,24)25)30-20(28)26-7-9-29-10-8-26/h1-6,11H,7-10H2. The quantitative estimate of drug-likeness (QED) is 0.494. The number of hydrogen-bond acceptors (Lipinski definition) is 5. The Balaban J connectivity index is 1.78. The average molecular weight is 498 g/mol. The van der Waals surface area contributed by atoms with Gasteiger partial charge in [0.05, 0.1) is 24.2 Å². The molecule has 1 aliphatic rings. The molecule has 0 saturated carbocycles. The van der Waals surface area contributed by atoms with Gasteiger partial charge in [0.15, 0.2) is 0 Å². The van der Waals surface area contributed by atoms with Crippen LogP contribution in [0.2, 0.25) is 0 Å². The number of nitrogens with zero attached hydrogens (tertiary/aromatic N) is 1. The van der Waals surface area contributed by atoms with E-state index in [1.165, 1.54) is 41.3 Å². The van der Waals surface area contributed by atoms with Crippen molar-refractivity contribution in [1.29, 1.82) is 0 Å². The van der Waals surface area contributed by atoms with Crippen LogP contribution in [0.15, 0.2) is 56.1 Å². The first-order chi connectivity index (χ1) is 14.7. The smallest absolute Gasteiger partial charge is 0.450 e. The Morgan fingerprint density at radius 3 is 2.39 bits per heavy atom. The monoisotopic (exact) mass is 497 g/mol. The fourth-order valence-electron chi connectivity index (χ4n) is 3.23. The van der Waals surface area contributed by atoms with Crippen molar-refractivity contribution >= 4 is 33.0 Å². The van der Waals surface area contributed by atoms with Crippen LogP contribution in [0.1, 0.15) is 5.76 Å². The first-order valence-corrected chi connectivity index (χ1v) is 10.0. The van der Waals surface area contributed by atoms with Crippen molar-refractivity contribution in [2.75, 3.05) is 26.3 Å². The minimum absolute atomic E-state index is 0.0309. The second-order valence-corrected chi connectivity index (χ2v) is 7.68. The van der Waals surface area contributed by atoms with Crippen molar-refractivity contribution in [3.05, 3.63) is 62.9 Å². The maximum atomic E-state index is 13.7. The predicted octanol–water partition coefficient (Wildman–Crippen LogP) is 5.07. The maximum Gasteiger partial charge on any atom is 0.450 e. The summed E-state index contributed by atoms with van der Waals surface area (Å²) < 4.78 is 57.4. The van der Waals surface area contributed by atoms with E-state index in [2.05, 4.69) is 15.9 Å². The van der Waals surface area contributed by atoms with Gasteiger partial charge in [-0.3, -0.25) is 4.79 Å². The van der Waals surface area contributed by atoms with Crippen LogP contribution >= 0.6 is 15.9 Å². The molecule has 1 aliphatic heterocycles. The van der Waals surface area contributed by atoms with Gasteiger partial charge in [-0.1, -0.05) is 28.1 Å². The van der Waals surface area contributed by atoms with Gasteiger partial charge in [-0.25, -0.2) is 4.79 Å². The summed E-state index contributed by atoms with van der Waals surface area (Å²) in [6.07, 6.45) is -5.57. The zero-order valence-corrected chi connectivity index (χ0v) is 17.5. The lowest BCUT2D eigenvalue weighted by Gasteiger charge is -2.25. The number of hydrogen-bond donors (Lipinski definition) is 0. The summed E-state index contributed by atoms with van der Waals surface area (Å²) in [7, 11) is 0. The number of amides is 1. The lowest BCUT2D eigenvalue weighted by atomic mass is 10.0. The van der Waals surface area contributed by atoms with Gasteiger partial charge >= 0.3 is 12.3 Å². The molecule has 3 aromatic rings. The van der Waals surface area contributed by atoms with Crippen LogP contribution in [-0.4, -0.2) is 37.3 Å². The van der Waals surface area contributed by atoms with E-state index >= 15 is 0 Å². The van der Waals surface area contributed by atoms with Crippen LogP contribution in [-0.2, 0) is 10.9 Å². The molecule has 0 N–H and O–H groups in total. The summed E-state index contributed by atoms with van der Waals surface area (Å²) in [6.45, 7) is 1.43. The highest BCUT2D eigenvalue weighted by molar-refractivity contribution is 9.10. The zero-order valence-electron chi connectivity index (χ0n) is 15.9. The number of rotatable bonds is 2. The van der Waals surface area contributed by atoms with Crippen LogP contribution in [0.4, 0.5) is 18.0 Å². The van der Waals surface area contributed by atoms with E-state index in [9.17, 15) is 22.8 Å². The number of alkyl halides is 3. The van der Waals surface area contributed by atoms with Crippen molar-refractivity contribution < 1.29 is 31.9 Å². The van der Waals surface area contributed by atoms with Gasteiger partial charge < -0.3 is 18.8 Å². The third-order valence-corrected chi connectivity index (χ3v) is 5.26. The Morgan fingerprint density at radius 2 is 1.74 bits per heavy atom. The van der Waals surface area contributed by atoms with Crippen LogP contribution in [0.25, 0.3) is 22.1 Å². The van der Waals surface area contributed by atoms with Crippen LogP contribution in [0, 0.1) is 0 Å². The Labute approximate surface area is 182 Å². The molecule has 162 valence electrons. The SMILES string of the molecule is O=C(Oc1ccc2c(=O)c(-c3ccc(Br)cc3)c(C(F)(F)F)oc2c1)N1CCOCC1. The third kappa shape index (κ3) is 4.45. The molecule has 0 radical (unpaired) electrons. The molecule has 1 saturated heterocycles. The molecular weight excluding hydrogens is 483 g/mol. The summed E-state index contributed by atoms with van der Waals surface area (Å²) in [6, 6.07) is 9.60. The van der Waals surface area contributed by atoms with Crippen molar-refractivity contribution in [2.45, 2.75) is 6.18 Å². The van der Waals surface area contributed by atoms with Crippen molar-refractivity contribution in [3.8, 4) is 16.9 Å². The molecule has 0 aliphatic carbocycles. The van der Waals surface area contributed by atoms with Crippen LogP contribution in [0.3, 0.4) is 0 Å². The highest BCUT2D eigenvalue weighted by atomic mass is 79.9. The second-order valence-electron chi connectivity index (χ2n) is 6.77. The van der Waals surface area contributed by atoms with Crippen LogP contribution in [0.5, 0.6) is 5.75 Å². The first kappa shape index (κ1) is 21.4. The van der Waals surface area contributed by atoms with E-state index in [-0.39, 0.29) is 22.3 Å². The fourth-order valence-corrected chi connectivity index (χ4v) is 3.49. The minimum atomic E-state index is -4.91. The summed E-state index contributed by atoms with van der Waals surface area (Å²) in [5, 5.41) is -0.0582. The summed E-state index contributed by atoms with van der Waals surface area (Å²) in [5.74, 6) is -1.44. The largest absolute Gasteiger partial charge is 0.450 e. The van der Waals surface area contributed by atoms with E-state index in [0.717, 1.165) is 6.07 Å². The van der Waals surface area contributed by atoms with E-state index in [4.69, 9.17) is 13.9 Å². The maximum absolute atomic E-state index is 13.7. The molecule has 1 amide bonds. The van der Waals surface area contributed by atoms with Gasteiger partial charge in [-0.05, 0) is 29.8 Å². The first-order valence-electron chi connectivity index (χ1n) is 9.22. The number of benzene rings is 2. The van der Waals surface area contributed by atoms with E-state index in [0.29, 0.717) is 30.8 Å². The molecular formula is C21H15BrF3NO5. The Hall–Kier alpha value is -2.85. The zero-order chi connectivity index (χ0) is 22.2. The number of fused-ring (bicyclic) bond motifs is 1. The van der Waals surface area contributed by atoms with Gasteiger partial charge in [0.1, 0.15) is 11.3 Å². The molecule has 6 nitrogen and oxygen atoms in total. The van der Waals surface area contributed by atoms with E-state index in [1.54, 1.807) is 0 Å². The molecule has 31 heavy (non-hydrogen) atoms.